The molecule has 2 rings (SSSR count). The summed E-state index contributed by atoms with van der Waals surface area (Å²) in [5.41, 5.74) is 1.44. The van der Waals surface area contributed by atoms with Crippen LogP contribution in [0.1, 0.15) is 5.56 Å². The highest BCUT2D eigenvalue weighted by molar-refractivity contribution is 5.36. The van der Waals surface area contributed by atoms with Crippen LogP contribution in [-0.4, -0.2) is 4.92 Å². The zero-order valence-electron chi connectivity index (χ0n) is 8.78. The summed E-state index contributed by atoms with van der Waals surface area (Å²) in [6.07, 6.45) is 3.47. The van der Waals surface area contributed by atoms with Gasteiger partial charge in [0.25, 0.3) is 5.69 Å². The summed E-state index contributed by atoms with van der Waals surface area (Å²) in [6, 6.07) is 11.6. The number of pyridine rings is 1. The Morgan fingerprint density at radius 1 is 1.12 bits per heavy atom. The standard InChI is InChI=1S/C12H8N3O2/c13-9-10-5-7-14(8-6-10)11-1-3-12(4-2-11)15(16)17/h1-8H/q+1. The normalized spacial score (nSPS) is 9.59. The zero-order valence-corrected chi connectivity index (χ0v) is 8.78. The molecule has 0 aliphatic heterocycles. The van der Waals surface area contributed by atoms with Crippen LogP contribution in [0.5, 0.6) is 0 Å². The van der Waals surface area contributed by atoms with Crippen LogP contribution in [0.3, 0.4) is 0 Å². The third kappa shape index (κ3) is 2.26. The molecule has 0 radical (unpaired) electrons. The Morgan fingerprint density at radius 3 is 2.18 bits per heavy atom. The van der Waals surface area contributed by atoms with Crippen molar-refractivity contribution in [2.75, 3.05) is 0 Å². The first-order valence-electron chi connectivity index (χ1n) is 4.87. The van der Waals surface area contributed by atoms with Gasteiger partial charge in [0.1, 0.15) is 0 Å². The van der Waals surface area contributed by atoms with Crippen LogP contribution in [0.15, 0.2) is 48.8 Å². The van der Waals surface area contributed by atoms with E-state index < -0.39 is 4.92 Å². The van der Waals surface area contributed by atoms with Gasteiger partial charge in [-0.1, -0.05) is 0 Å². The van der Waals surface area contributed by atoms with Crippen LogP contribution in [0.4, 0.5) is 5.69 Å². The molecule has 0 fully saturated rings. The molecule has 5 heteroatoms. The molecule has 0 aliphatic carbocycles. The Balaban J connectivity index is 2.33. The summed E-state index contributed by atoms with van der Waals surface area (Å²) < 4.78 is 1.78. The number of benzene rings is 1. The first-order chi connectivity index (χ1) is 8.20. The number of hydrogen-bond acceptors (Lipinski definition) is 3. The summed E-state index contributed by atoms with van der Waals surface area (Å²) in [6.45, 7) is 0. The average molecular weight is 226 g/mol. The predicted molar refractivity (Wildman–Crippen MR) is 59.3 cm³/mol. The number of nitrogens with zero attached hydrogens (tertiary/aromatic N) is 3. The monoisotopic (exact) mass is 226 g/mol. The average Bonchev–Trinajstić information content (AvgIpc) is 2.39. The lowest BCUT2D eigenvalue weighted by Crippen LogP contribution is -2.29. The van der Waals surface area contributed by atoms with Gasteiger partial charge in [0.15, 0.2) is 12.4 Å². The van der Waals surface area contributed by atoms with Gasteiger partial charge in [0.2, 0.25) is 5.69 Å². The Labute approximate surface area is 97.3 Å². The van der Waals surface area contributed by atoms with Crippen molar-refractivity contribution in [3.8, 4) is 11.8 Å². The molecule has 0 amide bonds. The maximum atomic E-state index is 10.5. The van der Waals surface area contributed by atoms with Crippen molar-refractivity contribution in [3.63, 3.8) is 0 Å². The minimum absolute atomic E-state index is 0.0583. The van der Waals surface area contributed by atoms with Crippen molar-refractivity contribution < 1.29 is 9.49 Å². The van der Waals surface area contributed by atoms with Gasteiger partial charge in [-0.25, -0.2) is 0 Å². The molecule has 0 aliphatic rings. The molecule has 5 nitrogen and oxygen atoms in total. The molecule has 0 unspecified atom stereocenters. The van der Waals surface area contributed by atoms with E-state index >= 15 is 0 Å². The number of hydrogen-bond donors (Lipinski definition) is 0. The molecule has 0 atom stereocenters. The van der Waals surface area contributed by atoms with Crippen molar-refractivity contribution in [2.45, 2.75) is 0 Å². The van der Waals surface area contributed by atoms with Gasteiger partial charge in [0.05, 0.1) is 16.6 Å². The molecule has 0 spiro atoms. The minimum Gasteiger partial charge on any atom is -0.258 e. The van der Waals surface area contributed by atoms with Gasteiger partial charge in [-0.3, -0.25) is 10.1 Å². The number of aromatic nitrogens is 1. The third-order valence-corrected chi connectivity index (χ3v) is 2.32. The fourth-order valence-electron chi connectivity index (χ4n) is 1.42. The molecule has 0 bridgehead atoms. The number of nitro benzene ring substituents is 1. The molecule has 2 aromatic rings. The molecule has 0 N–H and O–H groups in total. The highest BCUT2D eigenvalue weighted by atomic mass is 16.6. The van der Waals surface area contributed by atoms with E-state index in [2.05, 4.69) is 0 Å². The number of nitro groups is 1. The van der Waals surface area contributed by atoms with Crippen molar-refractivity contribution in [1.29, 1.82) is 5.26 Å². The summed E-state index contributed by atoms with van der Waals surface area (Å²) in [4.78, 5) is 10.1. The molecule has 0 saturated heterocycles. The Kier molecular flexibility index (Phi) is 2.79. The minimum atomic E-state index is -0.437. The smallest absolute Gasteiger partial charge is 0.258 e. The van der Waals surface area contributed by atoms with Gasteiger partial charge in [-0.2, -0.15) is 9.83 Å². The number of non-ortho nitro benzene ring substituents is 1. The van der Waals surface area contributed by atoms with Gasteiger partial charge in [-0.15, -0.1) is 0 Å². The molecule has 1 aromatic heterocycles. The van der Waals surface area contributed by atoms with Crippen LogP contribution in [0.2, 0.25) is 0 Å². The molecule has 0 saturated carbocycles. The molecule has 1 aromatic carbocycles. The lowest BCUT2D eigenvalue weighted by Gasteiger charge is -1.95. The van der Waals surface area contributed by atoms with Crippen LogP contribution in [-0.2, 0) is 0 Å². The number of nitriles is 1. The van der Waals surface area contributed by atoms with E-state index in [4.69, 9.17) is 5.26 Å². The van der Waals surface area contributed by atoms with Crippen molar-refractivity contribution >= 4 is 5.69 Å². The van der Waals surface area contributed by atoms with Gasteiger partial charge < -0.3 is 0 Å². The summed E-state index contributed by atoms with van der Waals surface area (Å²) in [5.74, 6) is 0. The first kappa shape index (κ1) is 10.8. The van der Waals surface area contributed by atoms with E-state index in [0.717, 1.165) is 5.69 Å². The maximum absolute atomic E-state index is 10.5. The highest BCUT2D eigenvalue weighted by Gasteiger charge is 2.09. The van der Waals surface area contributed by atoms with Gasteiger partial charge in [0, 0.05) is 36.4 Å². The Morgan fingerprint density at radius 2 is 1.71 bits per heavy atom. The van der Waals surface area contributed by atoms with Crippen LogP contribution in [0.25, 0.3) is 5.69 Å². The lowest BCUT2D eigenvalue weighted by molar-refractivity contribution is -0.595. The van der Waals surface area contributed by atoms with E-state index in [1.807, 2.05) is 6.07 Å². The van der Waals surface area contributed by atoms with Crippen LogP contribution < -0.4 is 4.57 Å². The Hall–Kier alpha value is -2.74. The summed E-state index contributed by atoms with van der Waals surface area (Å²) in [5, 5.41) is 19.2. The zero-order chi connectivity index (χ0) is 12.3. The van der Waals surface area contributed by atoms with Gasteiger partial charge in [-0.05, 0) is 0 Å². The Bertz CT molecular complexity index is 583. The molecule has 17 heavy (non-hydrogen) atoms. The van der Waals surface area contributed by atoms with E-state index in [0.29, 0.717) is 5.56 Å². The van der Waals surface area contributed by atoms with E-state index in [9.17, 15) is 10.1 Å². The van der Waals surface area contributed by atoms with E-state index in [1.54, 1.807) is 41.2 Å². The summed E-state index contributed by atoms with van der Waals surface area (Å²) >= 11 is 0. The first-order valence-corrected chi connectivity index (χ1v) is 4.87. The predicted octanol–water partition coefficient (Wildman–Crippen LogP) is 1.74. The largest absolute Gasteiger partial charge is 0.269 e. The molecule has 82 valence electrons. The topological polar surface area (TPSA) is 70.8 Å². The second-order valence-corrected chi connectivity index (χ2v) is 3.38. The highest BCUT2D eigenvalue weighted by Crippen LogP contribution is 2.11. The fraction of sp³-hybridized carbons (Fsp3) is 0. The van der Waals surface area contributed by atoms with Crippen LogP contribution >= 0.6 is 0 Å². The third-order valence-electron chi connectivity index (χ3n) is 2.32. The second-order valence-electron chi connectivity index (χ2n) is 3.38. The SMILES string of the molecule is N#Cc1cc[n+](-c2ccc([N+](=O)[O-])cc2)cc1. The van der Waals surface area contributed by atoms with Gasteiger partial charge >= 0.3 is 0 Å². The number of rotatable bonds is 2. The van der Waals surface area contributed by atoms with Crippen LogP contribution in [0, 0.1) is 21.4 Å². The quantitative estimate of drug-likeness (QED) is 0.445. The van der Waals surface area contributed by atoms with Crippen molar-refractivity contribution in [2.24, 2.45) is 0 Å². The second kappa shape index (κ2) is 4.41. The molecular formula is C12H8N3O2+. The lowest BCUT2D eigenvalue weighted by atomic mass is 10.2. The molecule has 1 heterocycles. The fourth-order valence-corrected chi connectivity index (χ4v) is 1.42. The maximum Gasteiger partial charge on any atom is 0.269 e. The van der Waals surface area contributed by atoms with E-state index in [-0.39, 0.29) is 5.69 Å². The van der Waals surface area contributed by atoms with Crippen molar-refractivity contribution in [1.82, 2.24) is 0 Å². The molecular weight excluding hydrogens is 218 g/mol. The van der Waals surface area contributed by atoms with Crippen molar-refractivity contribution in [3.05, 3.63) is 64.5 Å². The van der Waals surface area contributed by atoms with E-state index in [1.165, 1.54) is 12.1 Å². The summed E-state index contributed by atoms with van der Waals surface area (Å²) in [7, 11) is 0.